The highest BCUT2D eigenvalue weighted by Gasteiger charge is 2.14. The Morgan fingerprint density at radius 3 is 2.83 bits per heavy atom. The van der Waals surface area contributed by atoms with Crippen LogP contribution >= 0.6 is 11.3 Å². The Bertz CT molecular complexity index is 744. The number of rotatable bonds is 4. The fourth-order valence-electron chi connectivity index (χ4n) is 2.06. The zero-order chi connectivity index (χ0) is 16.2. The molecule has 0 radical (unpaired) electrons. The molecule has 2 amide bonds. The molecule has 0 unspecified atom stereocenters. The molecule has 8 heteroatoms. The van der Waals surface area contributed by atoms with Gasteiger partial charge in [-0.2, -0.15) is 0 Å². The fraction of sp³-hybridized carbons (Fsp3) is 0.267. The largest absolute Gasteiger partial charge is 0.486 e. The maximum atomic E-state index is 12.1. The van der Waals surface area contributed by atoms with E-state index in [-0.39, 0.29) is 17.5 Å². The van der Waals surface area contributed by atoms with Gasteiger partial charge in [-0.05, 0) is 17.7 Å². The number of nitrogens with zero attached hydrogens (tertiary/aromatic N) is 1. The number of nitrogens with one attached hydrogen (secondary N) is 2. The summed E-state index contributed by atoms with van der Waals surface area (Å²) in [6, 6.07) is 5.55. The third-order valence-electron chi connectivity index (χ3n) is 3.08. The summed E-state index contributed by atoms with van der Waals surface area (Å²) in [5.41, 5.74) is 1.18. The summed E-state index contributed by atoms with van der Waals surface area (Å²) in [5, 5.41) is 7.34. The zero-order valence-electron chi connectivity index (χ0n) is 12.4. The van der Waals surface area contributed by atoms with Gasteiger partial charge in [0.25, 0.3) is 5.91 Å². The third-order valence-corrected chi connectivity index (χ3v) is 3.84. The number of hydrogen-bond donors (Lipinski definition) is 2. The van der Waals surface area contributed by atoms with E-state index < -0.39 is 0 Å². The van der Waals surface area contributed by atoms with Crippen molar-refractivity contribution >= 4 is 28.3 Å². The second kappa shape index (κ2) is 6.66. The van der Waals surface area contributed by atoms with Crippen LogP contribution < -0.4 is 20.1 Å². The van der Waals surface area contributed by atoms with Crippen molar-refractivity contribution < 1.29 is 19.1 Å². The van der Waals surface area contributed by atoms with Crippen LogP contribution in [0.2, 0.25) is 0 Å². The second-order valence-electron chi connectivity index (χ2n) is 4.88. The first-order valence-electron chi connectivity index (χ1n) is 7.01. The van der Waals surface area contributed by atoms with E-state index in [1.165, 1.54) is 18.3 Å². The number of amides is 2. The number of hydrogen-bond acceptors (Lipinski definition) is 6. The van der Waals surface area contributed by atoms with Crippen LogP contribution in [-0.2, 0) is 11.3 Å². The van der Waals surface area contributed by atoms with E-state index in [0.717, 1.165) is 5.56 Å². The lowest BCUT2D eigenvalue weighted by molar-refractivity contribution is -0.114. The molecule has 0 atom stereocenters. The van der Waals surface area contributed by atoms with Crippen molar-refractivity contribution in [3.05, 3.63) is 34.8 Å². The van der Waals surface area contributed by atoms with E-state index in [4.69, 9.17) is 9.47 Å². The monoisotopic (exact) mass is 333 g/mol. The molecule has 0 spiro atoms. The average molecular weight is 333 g/mol. The Morgan fingerprint density at radius 2 is 2.04 bits per heavy atom. The van der Waals surface area contributed by atoms with Gasteiger partial charge >= 0.3 is 0 Å². The average Bonchev–Trinajstić information content (AvgIpc) is 3.00. The highest BCUT2D eigenvalue weighted by molar-refractivity contribution is 7.14. The maximum absolute atomic E-state index is 12.1. The number of aromatic nitrogens is 1. The Kier molecular flexibility index (Phi) is 4.42. The molecule has 120 valence electrons. The first kappa shape index (κ1) is 15.3. The van der Waals surface area contributed by atoms with E-state index in [0.29, 0.717) is 36.4 Å². The van der Waals surface area contributed by atoms with Crippen molar-refractivity contribution in [3.8, 4) is 11.5 Å². The summed E-state index contributed by atoms with van der Waals surface area (Å²) >= 11 is 1.21. The number of benzene rings is 1. The molecule has 0 saturated heterocycles. The molecule has 2 N–H and O–H groups in total. The number of thiazole rings is 1. The topological polar surface area (TPSA) is 89.6 Å². The van der Waals surface area contributed by atoms with Crippen LogP contribution in [0.25, 0.3) is 0 Å². The lowest BCUT2D eigenvalue weighted by Crippen LogP contribution is -2.23. The van der Waals surface area contributed by atoms with Crippen molar-refractivity contribution in [2.24, 2.45) is 0 Å². The number of ether oxygens (including phenoxy) is 2. The molecule has 3 rings (SSSR count). The number of carbonyl (C=O) groups is 2. The summed E-state index contributed by atoms with van der Waals surface area (Å²) in [6.45, 7) is 2.81. The Hall–Kier alpha value is -2.61. The predicted molar refractivity (Wildman–Crippen MR) is 85.0 cm³/mol. The van der Waals surface area contributed by atoms with Gasteiger partial charge in [0.05, 0.1) is 0 Å². The van der Waals surface area contributed by atoms with Gasteiger partial charge in [0, 0.05) is 18.8 Å². The van der Waals surface area contributed by atoms with E-state index >= 15 is 0 Å². The van der Waals surface area contributed by atoms with Gasteiger partial charge in [-0.3, -0.25) is 9.59 Å². The van der Waals surface area contributed by atoms with E-state index in [9.17, 15) is 9.59 Å². The molecule has 2 heterocycles. The minimum atomic E-state index is -0.298. The number of anilines is 1. The third kappa shape index (κ3) is 3.78. The van der Waals surface area contributed by atoms with Gasteiger partial charge in [-0.1, -0.05) is 6.07 Å². The SMILES string of the molecule is CC(=O)Nc1nc(C(=O)NCc2ccc3c(c2)OCCO3)cs1. The van der Waals surface area contributed by atoms with Crippen LogP contribution in [-0.4, -0.2) is 30.0 Å². The fourth-order valence-corrected chi connectivity index (χ4v) is 2.79. The molecule has 23 heavy (non-hydrogen) atoms. The second-order valence-corrected chi connectivity index (χ2v) is 5.74. The minimum Gasteiger partial charge on any atom is -0.486 e. The highest BCUT2D eigenvalue weighted by atomic mass is 32.1. The minimum absolute atomic E-state index is 0.220. The molecule has 7 nitrogen and oxygen atoms in total. The van der Waals surface area contributed by atoms with E-state index in [1.807, 2.05) is 18.2 Å². The molecular formula is C15H15N3O4S. The molecule has 1 aliphatic heterocycles. The lowest BCUT2D eigenvalue weighted by atomic mass is 10.2. The summed E-state index contributed by atoms with van der Waals surface area (Å²) in [7, 11) is 0. The van der Waals surface area contributed by atoms with Crippen LogP contribution in [0, 0.1) is 0 Å². The molecule has 1 aromatic heterocycles. The van der Waals surface area contributed by atoms with Crippen LogP contribution in [0.1, 0.15) is 23.0 Å². The standard InChI is InChI=1S/C15H15N3O4S/c1-9(19)17-15-18-11(8-23-15)14(20)16-7-10-2-3-12-13(6-10)22-5-4-21-12/h2-3,6,8H,4-5,7H2,1H3,(H,16,20)(H,17,18,19). The summed E-state index contributed by atoms with van der Waals surface area (Å²) in [5.74, 6) is 0.880. The molecule has 1 aromatic carbocycles. The molecule has 1 aliphatic rings. The van der Waals surface area contributed by atoms with Crippen molar-refractivity contribution in [1.82, 2.24) is 10.3 Å². The van der Waals surface area contributed by atoms with Crippen molar-refractivity contribution in [1.29, 1.82) is 0 Å². The van der Waals surface area contributed by atoms with Crippen LogP contribution in [0.4, 0.5) is 5.13 Å². The molecule has 0 aliphatic carbocycles. The maximum Gasteiger partial charge on any atom is 0.271 e. The molecule has 0 bridgehead atoms. The summed E-state index contributed by atoms with van der Waals surface area (Å²) < 4.78 is 11.0. The number of fused-ring (bicyclic) bond motifs is 1. The number of carbonyl (C=O) groups excluding carboxylic acids is 2. The van der Waals surface area contributed by atoms with Gasteiger partial charge in [-0.15, -0.1) is 11.3 Å². The molecule has 0 saturated carbocycles. The Labute approximate surface area is 136 Å². The quantitative estimate of drug-likeness (QED) is 0.890. The highest BCUT2D eigenvalue weighted by Crippen LogP contribution is 2.30. The molecular weight excluding hydrogens is 318 g/mol. The summed E-state index contributed by atoms with van der Waals surface area (Å²) in [4.78, 5) is 27.1. The van der Waals surface area contributed by atoms with Gasteiger partial charge < -0.3 is 20.1 Å². The van der Waals surface area contributed by atoms with Gasteiger partial charge in [0.2, 0.25) is 5.91 Å². The zero-order valence-corrected chi connectivity index (χ0v) is 13.2. The van der Waals surface area contributed by atoms with Crippen molar-refractivity contribution in [2.75, 3.05) is 18.5 Å². The Balaban J connectivity index is 1.60. The van der Waals surface area contributed by atoms with Gasteiger partial charge in [0.15, 0.2) is 16.6 Å². The molecule has 2 aromatic rings. The van der Waals surface area contributed by atoms with Gasteiger partial charge in [0.1, 0.15) is 18.9 Å². The van der Waals surface area contributed by atoms with Crippen LogP contribution in [0.3, 0.4) is 0 Å². The van der Waals surface area contributed by atoms with E-state index in [1.54, 1.807) is 5.38 Å². The normalized spacial score (nSPS) is 12.6. The molecule has 0 fully saturated rings. The first-order chi connectivity index (χ1) is 11.1. The van der Waals surface area contributed by atoms with Gasteiger partial charge in [-0.25, -0.2) is 4.98 Å². The predicted octanol–water partition coefficient (Wildman–Crippen LogP) is 1.80. The van der Waals surface area contributed by atoms with Crippen molar-refractivity contribution in [2.45, 2.75) is 13.5 Å². The summed E-state index contributed by atoms with van der Waals surface area (Å²) in [6.07, 6.45) is 0. The van der Waals surface area contributed by atoms with Crippen LogP contribution in [0.5, 0.6) is 11.5 Å². The van der Waals surface area contributed by atoms with E-state index in [2.05, 4.69) is 15.6 Å². The first-order valence-corrected chi connectivity index (χ1v) is 7.89. The smallest absolute Gasteiger partial charge is 0.271 e. The lowest BCUT2D eigenvalue weighted by Gasteiger charge is -2.18. The Morgan fingerprint density at radius 1 is 1.26 bits per heavy atom. The van der Waals surface area contributed by atoms with Crippen LogP contribution in [0.15, 0.2) is 23.6 Å². The van der Waals surface area contributed by atoms with Crippen molar-refractivity contribution in [3.63, 3.8) is 0 Å².